The number of nitrogens with zero attached hydrogens (tertiary/aromatic N) is 2. The van der Waals surface area contributed by atoms with Crippen molar-refractivity contribution < 1.29 is 9.53 Å². The molecule has 8 heteroatoms. The molecule has 1 aliphatic rings. The maximum absolute atomic E-state index is 13.8. The maximum Gasteiger partial charge on any atom is 0.274 e. The number of carbonyl (C=O) groups excluding carboxylic acids is 1. The minimum atomic E-state index is -0.436. The van der Waals surface area contributed by atoms with E-state index in [2.05, 4.69) is 20.9 Å². The Labute approximate surface area is 244 Å². The first kappa shape index (κ1) is 26.0. The summed E-state index contributed by atoms with van der Waals surface area (Å²) in [5.41, 5.74) is 4.35. The maximum atomic E-state index is 13.8. The predicted molar refractivity (Wildman–Crippen MR) is 162 cm³/mol. The zero-order chi connectivity index (χ0) is 27.8. The molecule has 1 amide bonds. The minimum absolute atomic E-state index is 0.266. The van der Waals surface area contributed by atoms with Crippen molar-refractivity contribution in [2.24, 2.45) is 5.10 Å². The van der Waals surface area contributed by atoms with E-state index < -0.39 is 6.04 Å². The van der Waals surface area contributed by atoms with E-state index in [0.29, 0.717) is 39.5 Å². The fraction of sp³-hybridized carbons (Fsp3) is 0.0938. The Kier molecular flexibility index (Phi) is 7.00. The van der Waals surface area contributed by atoms with Crippen LogP contribution in [0.25, 0.3) is 22.0 Å². The molecule has 0 fully saturated rings. The lowest BCUT2D eigenvalue weighted by molar-refractivity contribution is 0.0711. The first-order chi connectivity index (χ1) is 19.4. The summed E-state index contributed by atoms with van der Waals surface area (Å²) in [6.45, 7) is 0. The third-order valence-corrected chi connectivity index (χ3v) is 7.75. The number of nitrogens with one attached hydrogen (secondary N) is 1. The molecule has 5 aromatic rings. The second kappa shape index (κ2) is 10.8. The van der Waals surface area contributed by atoms with Crippen LogP contribution in [-0.4, -0.2) is 28.7 Å². The summed E-state index contributed by atoms with van der Waals surface area (Å²) in [4.78, 5) is 30.6. The number of hydrazone groups is 1. The molecular formula is C32H23BrClN3O3. The number of hydrogen-bond donors (Lipinski definition) is 1. The number of ether oxygens (including phenoxy) is 1. The zero-order valence-corrected chi connectivity index (χ0v) is 23.7. The van der Waals surface area contributed by atoms with E-state index in [1.807, 2.05) is 72.8 Å². The Morgan fingerprint density at radius 1 is 0.975 bits per heavy atom. The molecule has 1 aromatic heterocycles. The molecular weight excluding hydrogens is 590 g/mol. The molecule has 1 atom stereocenters. The van der Waals surface area contributed by atoms with E-state index >= 15 is 0 Å². The monoisotopic (exact) mass is 611 g/mol. The molecule has 4 aromatic carbocycles. The molecule has 0 saturated heterocycles. The van der Waals surface area contributed by atoms with Crippen LogP contribution in [0.5, 0.6) is 5.75 Å². The lowest BCUT2D eigenvalue weighted by Crippen LogP contribution is -2.27. The Morgan fingerprint density at radius 3 is 2.48 bits per heavy atom. The molecule has 0 spiro atoms. The van der Waals surface area contributed by atoms with Crippen LogP contribution < -0.4 is 10.3 Å². The van der Waals surface area contributed by atoms with Crippen molar-refractivity contribution >= 4 is 50.1 Å². The molecule has 6 nitrogen and oxygen atoms in total. The van der Waals surface area contributed by atoms with Gasteiger partial charge < -0.3 is 9.72 Å². The molecule has 0 saturated carbocycles. The second-order valence-electron chi connectivity index (χ2n) is 9.46. The molecule has 1 aliphatic heterocycles. The highest BCUT2D eigenvalue weighted by atomic mass is 79.9. The van der Waals surface area contributed by atoms with Crippen molar-refractivity contribution in [3.8, 4) is 16.9 Å². The number of fused-ring (bicyclic) bond motifs is 1. The SMILES string of the molecule is COc1ccc(C2CC(c3c(-c4ccccc4)c4cc(Br)ccc4[nH]c3=O)=NN2C(=O)c2cccc(Cl)c2)cc1. The summed E-state index contributed by atoms with van der Waals surface area (Å²) in [6, 6.07) is 29.4. The lowest BCUT2D eigenvalue weighted by atomic mass is 9.91. The van der Waals surface area contributed by atoms with Crippen molar-refractivity contribution in [2.75, 3.05) is 7.11 Å². The van der Waals surface area contributed by atoms with E-state index in [0.717, 1.165) is 26.5 Å². The summed E-state index contributed by atoms with van der Waals surface area (Å²) in [7, 11) is 1.61. The number of aromatic nitrogens is 1. The summed E-state index contributed by atoms with van der Waals surface area (Å²) >= 11 is 9.80. The van der Waals surface area contributed by atoms with Gasteiger partial charge in [0, 0.05) is 37.9 Å². The average Bonchev–Trinajstić information content (AvgIpc) is 3.41. The largest absolute Gasteiger partial charge is 0.497 e. The number of methoxy groups -OCH3 is 1. The first-order valence-corrected chi connectivity index (χ1v) is 13.8. The second-order valence-corrected chi connectivity index (χ2v) is 10.8. The van der Waals surface area contributed by atoms with Gasteiger partial charge in [0.25, 0.3) is 11.5 Å². The zero-order valence-electron chi connectivity index (χ0n) is 21.4. The standard InChI is InChI=1S/C32H23BrClN3O3/c1-40-24-13-10-19(11-14-24)28-18-27(36-37(28)32(39)21-8-5-9-23(34)16-21)30-29(20-6-3-2-4-7-20)25-17-22(33)12-15-26(25)35-31(30)38/h2-17,28H,18H2,1H3,(H,35,38). The van der Waals surface area contributed by atoms with Gasteiger partial charge in [-0.2, -0.15) is 5.10 Å². The normalized spacial score (nSPS) is 14.8. The molecule has 1 unspecified atom stereocenters. The molecule has 0 radical (unpaired) electrons. The molecule has 0 aliphatic carbocycles. The van der Waals surface area contributed by atoms with Crippen LogP contribution in [-0.2, 0) is 0 Å². The van der Waals surface area contributed by atoms with Crippen molar-refractivity contribution in [3.05, 3.63) is 134 Å². The topological polar surface area (TPSA) is 74.8 Å². The van der Waals surface area contributed by atoms with Crippen LogP contribution in [0.1, 0.15) is 33.9 Å². The minimum Gasteiger partial charge on any atom is -0.497 e. The number of carbonyl (C=O) groups is 1. The van der Waals surface area contributed by atoms with Crippen LogP contribution >= 0.6 is 27.5 Å². The van der Waals surface area contributed by atoms with Crippen LogP contribution in [0.2, 0.25) is 5.02 Å². The fourth-order valence-corrected chi connectivity index (χ4v) is 5.68. The first-order valence-electron chi connectivity index (χ1n) is 12.6. The quantitative estimate of drug-likeness (QED) is 0.222. The van der Waals surface area contributed by atoms with Crippen LogP contribution in [0.3, 0.4) is 0 Å². The van der Waals surface area contributed by atoms with Crippen LogP contribution in [0.4, 0.5) is 0 Å². The van der Waals surface area contributed by atoms with Gasteiger partial charge in [-0.3, -0.25) is 9.59 Å². The summed E-state index contributed by atoms with van der Waals surface area (Å²) in [6.07, 6.45) is 0.348. The highest BCUT2D eigenvalue weighted by molar-refractivity contribution is 9.10. The van der Waals surface area contributed by atoms with Gasteiger partial charge in [-0.05, 0) is 59.7 Å². The van der Waals surface area contributed by atoms with Gasteiger partial charge in [-0.15, -0.1) is 0 Å². The third kappa shape index (κ3) is 4.83. The molecule has 2 heterocycles. The summed E-state index contributed by atoms with van der Waals surface area (Å²) in [5, 5.41) is 7.63. The van der Waals surface area contributed by atoms with Gasteiger partial charge in [-0.25, -0.2) is 5.01 Å². The van der Waals surface area contributed by atoms with Gasteiger partial charge in [0.05, 0.1) is 24.4 Å². The average molecular weight is 613 g/mol. The smallest absolute Gasteiger partial charge is 0.274 e. The fourth-order valence-electron chi connectivity index (χ4n) is 5.13. The van der Waals surface area contributed by atoms with Crippen LogP contribution in [0.15, 0.2) is 111 Å². The van der Waals surface area contributed by atoms with Crippen molar-refractivity contribution in [1.82, 2.24) is 9.99 Å². The Bertz CT molecular complexity index is 1840. The Morgan fingerprint density at radius 2 is 1.75 bits per heavy atom. The van der Waals surface area contributed by atoms with E-state index in [1.54, 1.807) is 31.4 Å². The highest BCUT2D eigenvalue weighted by Gasteiger charge is 2.36. The van der Waals surface area contributed by atoms with Crippen molar-refractivity contribution in [2.45, 2.75) is 12.5 Å². The molecule has 40 heavy (non-hydrogen) atoms. The molecule has 1 N–H and O–H groups in total. The number of hydrogen-bond acceptors (Lipinski definition) is 4. The lowest BCUT2D eigenvalue weighted by Gasteiger charge is -2.22. The number of rotatable bonds is 5. The molecule has 198 valence electrons. The number of pyridine rings is 1. The molecule has 6 rings (SSSR count). The van der Waals surface area contributed by atoms with Gasteiger partial charge in [-0.1, -0.05) is 76.1 Å². The van der Waals surface area contributed by atoms with Gasteiger partial charge in [0.15, 0.2) is 0 Å². The number of amides is 1. The van der Waals surface area contributed by atoms with Gasteiger partial charge in [0.2, 0.25) is 0 Å². The number of aromatic amines is 1. The Balaban J connectivity index is 1.56. The van der Waals surface area contributed by atoms with Gasteiger partial charge in [0.1, 0.15) is 5.75 Å². The highest BCUT2D eigenvalue weighted by Crippen LogP contribution is 2.38. The number of halogens is 2. The van der Waals surface area contributed by atoms with E-state index in [9.17, 15) is 9.59 Å². The molecule has 0 bridgehead atoms. The third-order valence-electron chi connectivity index (χ3n) is 7.02. The van der Waals surface area contributed by atoms with E-state index in [1.165, 1.54) is 5.01 Å². The summed E-state index contributed by atoms with van der Waals surface area (Å²) in [5.74, 6) is 0.401. The van der Waals surface area contributed by atoms with Crippen molar-refractivity contribution in [3.63, 3.8) is 0 Å². The van der Waals surface area contributed by atoms with Gasteiger partial charge >= 0.3 is 0 Å². The van der Waals surface area contributed by atoms with Crippen molar-refractivity contribution in [1.29, 1.82) is 0 Å². The Hall–Kier alpha value is -4.20. The number of H-pyrrole nitrogens is 1. The number of benzene rings is 4. The van der Waals surface area contributed by atoms with E-state index in [-0.39, 0.29) is 11.5 Å². The van der Waals surface area contributed by atoms with E-state index in [4.69, 9.17) is 21.4 Å². The predicted octanol–water partition coefficient (Wildman–Crippen LogP) is 7.61. The summed E-state index contributed by atoms with van der Waals surface area (Å²) < 4.78 is 6.22. The van der Waals surface area contributed by atoms with Crippen LogP contribution in [0, 0.1) is 0 Å².